The maximum atomic E-state index is 12.3. The molecule has 0 spiro atoms. The summed E-state index contributed by atoms with van der Waals surface area (Å²) in [6.45, 7) is 4.13. The number of hydrogen-bond donors (Lipinski definition) is 1. The molecule has 1 N–H and O–H groups in total. The van der Waals surface area contributed by atoms with E-state index in [-0.39, 0.29) is 5.91 Å². The fraction of sp³-hybridized carbons (Fsp3) is 0.375. The minimum Gasteiger partial charge on any atom is -0.298 e. The Kier molecular flexibility index (Phi) is 4.71. The van der Waals surface area contributed by atoms with Gasteiger partial charge in [0.15, 0.2) is 5.13 Å². The molecular formula is C16H19N3O3S2. The summed E-state index contributed by atoms with van der Waals surface area (Å²) in [5.41, 5.74) is 1.44. The Morgan fingerprint density at radius 2 is 2.00 bits per heavy atom. The number of nitrogens with zero attached hydrogens (tertiary/aromatic N) is 2. The number of amides is 1. The first-order valence-corrected chi connectivity index (χ1v) is 10.0. The third kappa shape index (κ3) is 3.35. The number of rotatable bonds is 4. The Bertz CT molecular complexity index is 845. The van der Waals surface area contributed by atoms with Gasteiger partial charge in [0.05, 0.1) is 10.9 Å². The third-order valence-electron chi connectivity index (χ3n) is 3.91. The smallest absolute Gasteiger partial charge is 0.257 e. The fourth-order valence-corrected chi connectivity index (χ4v) is 4.85. The van der Waals surface area contributed by atoms with Crippen molar-refractivity contribution >= 4 is 32.4 Å². The molecule has 0 saturated heterocycles. The van der Waals surface area contributed by atoms with Crippen molar-refractivity contribution in [2.45, 2.75) is 32.1 Å². The van der Waals surface area contributed by atoms with Gasteiger partial charge < -0.3 is 0 Å². The molecule has 1 aromatic heterocycles. The Morgan fingerprint density at radius 3 is 2.67 bits per heavy atom. The van der Waals surface area contributed by atoms with Gasteiger partial charge in [-0.05, 0) is 26.0 Å². The van der Waals surface area contributed by atoms with Crippen molar-refractivity contribution in [2.24, 2.45) is 0 Å². The van der Waals surface area contributed by atoms with E-state index in [1.807, 2.05) is 6.07 Å². The highest BCUT2D eigenvalue weighted by molar-refractivity contribution is 7.89. The molecule has 2 heterocycles. The largest absolute Gasteiger partial charge is 0.298 e. The van der Waals surface area contributed by atoms with Gasteiger partial charge in [0.1, 0.15) is 0 Å². The number of fused-ring (bicyclic) bond motifs is 1. The lowest BCUT2D eigenvalue weighted by Crippen LogP contribution is -2.39. The second-order valence-corrected chi connectivity index (χ2v) is 9.46. The SMILES string of the molecule is CC(C)S(=O)(=O)N1CCc2nc(NC(=O)c3ccccc3)sc2C1. The quantitative estimate of drug-likeness (QED) is 0.903. The minimum absolute atomic E-state index is 0.214. The predicted octanol–water partition coefficient (Wildman–Crippen LogP) is 2.49. The maximum absolute atomic E-state index is 12.3. The first-order chi connectivity index (χ1) is 11.4. The molecule has 24 heavy (non-hydrogen) atoms. The lowest BCUT2D eigenvalue weighted by molar-refractivity contribution is 0.102. The van der Waals surface area contributed by atoms with E-state index in [9.17, 15) is 13.2 Å². The molecule has 0 fully saturated rings. The second kappa shape index (κ2) is 6.62. The number of hydrogen-bond acceptors (Lipinski definition) is 5. The zero-order chi connectivity index (χ0) is 17.3. The van der Waals surface area contributed by atoms with Crippen molar-refractivity contribution in [1.29, 1.82) is 0 Å². The van der Waals surface area contributed by atoms with Gasteiger partial charge in [0.2, 0.25) is 10.0 Å². The predicted molar refractivity (Wildman–Crippen MR) is 94.7 cm³/mol. The van der Waals surface area contributed by atoms with E-state index in [0.29, 0.717) is 30.2 Å². The van der Waals surface area contributed by atoms with Crippen molar-refractivity contribution < 1.29 is 13.2 Å². The molecule has 8 heteroatoms. The Labute approximate surface area is 145 Å². The van der Waals surface area contributed by atoms with Gasteiger partial charge in [-0.3, -0.25) is 10.1 Å². The molecule has 0 aliphatic carbocycles. The van der Waals surface area contributed by atoms with E-state index in [4.69, 9.17) is 0 Å². The number of sulfonamides is 1. The van der Waals surface area contributed by atoms with Crippen LogP contribution in [0.1, 0.15) is 34.8 Å². The first kappa shape index (κ1) is 17.1. The summed E-state index contributed by atoms with van der Waals surface area (Å²) in [5.74, 6) is -0.214. The molecule has 0 unspecified atom stereocenters. The highest BCUT2D eigenvalue weighted by atomic mass is 32.2. The molecule has 6 nitrogen and oxygen atoms in total. The van der Waals surface area contributed by atoms with E-state index in [0.717, 1.165) is 10.6 Å². The molecule has 1 aromatic carbocycles. The van der Waals surface area contributed by atoms with E-state index in [1.165, 1.54) is 15.6 Å². The summed E-state index contributed by atoms with van der Waals surface area (Å²) in [5, 5.41) is 2.86. The van der Waals surface area contributed by atoms with Crippen LogP contribution >= 0.6 is 11.3 Å². The molecule has 0 saturated carbocycles. The number of aromatic nitrogens is 1. The molecule has 3 rings (SSSR count). The van der Waals surface area contributed by atoms with Gasteiger partial charge in [0, 0.05) is 30.0 Å². The van der Waals surface area contributed by atoms with Crippen molar-refractivity contribution in [1.82, 2.24) is 9.29 Å². The van der Waals surface area contributed by atoms with Crippen molar-refractivity contribution in [2.75, 3.05) is 11.9 Å². The Morgan fingerprint density at radius 1 is 1.29 bits per heavy atom. The second-order valence-electron chi connectivity index (χ2n) is 5.89. The summed E-state index contributed by atoms with van der Waals surface area (Å²) < 4.78 is 26.1. The maximum Gasteiger partial charge on any atom is 0.257 e. The third-order valence-corrected chi connectivity index (χ3v) is 7.13. The van der Waals surface area contributed by atoms with Crippen LogP contribution in [0.4, 0.5) is 5.13 Å². The van der Waals surface area contributed by atoms with Crippen LogP contribution in [-0.4, -0.2) is 35.4 Å². The molecule has 0 radical (unpaired) electrons. The number of thiazole rings is 1. The Hall–Kier alpha value is -1.77. The minimum atomic E-state index is -3.27. The molecule has 1 amide bonds. The Balaban J connectivity index is 1.75. The average Bonchev–Trinajstić information content (AvgIpc) is 2.96. The summed E-state index contributed by atoms with van der Waals surface area (Å²) in [7, 11) is -3.27. The summed E-state index contributed by atoms with van der Waals surface area (Å²) in [6.07, 6.45) is 0.568. The van der Waals surface area contributed by atoms with Gasteiger partial charge in [-0.25, -0.2) is 13.4 Å². The average molecular weight is 365 g/mol. The lowest BCUT2D eigenvalue weighted by Gasteiger charge is -2.26. The number of anilines is 1. The number of carbonyl (C=O) groups excluding carboxylic acids is 1. The monoisotopic (exact) mass is 365 g/mol. The van der Waals surface area contributed by atoms with E-state index >= 15 is 0 Å². The molecule has 1 aliphatic heterocycles. The van der Waals surface area contributed by atoms with Gasteiger partial charge >= 0.3 is 0 Å². The first-order valence-electron chi connectivity index (χ1n) is 7.72. The fourth-order valence-electron chi connectivity index (χ4n) is 2.50. The number of carbonyl (C=O) groups is 1. The van der Waals surface area contributed by atoms with Crippen LogP contribution in [0.3, 0.4) is 0 Å². The summed E-state index contributed by atoms with van der Waals surface area (Å²) in [4.78, 5) is 17.5. The van der Waals surface area contributed by atoms with E-state index < -0.39 is 15.3 Å². The lowest BCUT2D eigenvalue weighted by atomic mass is 10.2. The summed E-state index contributed by atoms with van der Waals surface area (Å²) in [6, 6.07) is 8.93. The van der Waals surface area contributed by atoms with Gasteiger partial charge in [0.25, 0.3) is 5.91 Å². The molecular weight excluding hydrogens is 346 g/mol. The zero-order valence-electron chi connectivity index (χ0n) is 13.5. The molecule has 1 aliphatic rings. The van der Waals surface area contributed by atoms with Crippen molar-refractivity contribution in [3.63, 3.8) is 0 Å². The van der Waals surface area contributed by atoms with Crippen molar-refractivity contribution in [3.05, 3.63) is 46.5 Å². The van der Waals surface area contributed by atoms with Crippen LogP contribution in [0.25, 0.3) is 0 Å². The van der Waals surface area contributed by atoms with Crippen molar-refractivity contribution in [3.8, 4) is 0 Å². The number of benzene rings is 1. The van der Waals surface area contributed by atoms with E-state index in [2.05, 4.69) is 10.3 Å². The highest BCUT2D eigenvalue weighted by Gasteiger charge is 2.31. The van der Waals surface area contributed by atoms with Gasteiger partial charge in [-0.15, -0.1) is 11.3 Å². The van der Waals surface area contributed by atoms with Gasteiger partial charge in [-0.1, -0.05) is 18.2 Å². The highest BCUT2D eigenvalue weighted by Crippen LogP contribution is 2.30. The van der Waals surface area contributed by atoms with Crippen LogP contribution in [-0.2, 0) is 23.0 Å². The normalized spacial score (nSPS) is 15.3. The molecule has 128 valence electrons. The standard InChI is InChI=1S/C16H19N3O3S2/c1-11(2)24(21,22)19-9-8-13-14(10-19)23-16(17-13)18-15(20)12-6-4-3-5-7-12/h3-7,11H,8-10H2,1-2H3,(H,17,18,20). The van der Waals surface area contributed by atoms with Crippen LogP contribution < -0.4 is 5.32 Å². The topological polar surface area (TPSA) is 79.4 Å². The molecule has 2 aromatic rings. The van der Waals surface area contributed by atoms with Crippen LogP contribution in [0.5, 0.6) is 0 Å². The van der Waals surface area contributed by atoms with Crippen LogP contribution in [0.15, 0.2) is 30.3 Å². The molecule has 0 atom stereocenters. The summed E-state index contributed by atoms with van der Waals surface area (Å²) >= 11 is 1.34. The molecule has 0 bridgehead atoms. The van der Waals surface area contributed by atoms with E-state index in [1.54, 1.807) is 38.1 Å². The van der Waals surface area contributed by atoms with Gasteiger partial charge in [-0.2, -0.15) is 4.31 Å². The van der Waals surface area contributed by atoms with Crippen LogP contribution in [0, 0.1) is 0 Å². The van der Waals surface area contributed by atoms with Crippen LogP contribution in [0.2, 0.25) is 0 Å². The zero-order valence-corrected chi connectivity index (χ0v) is 15.2. The number of nitrogens with one attached hydrogen (secondary N) is 1.